The van der Waals surface area contributed by atoms with E-state index in [4.69, 9.17) is 4.74 Å². The van der Waals surface area contributed by atoms with Gasteiger partial charge in [0, 0.05) is 24.2 Å². The van der Waals surface area contributed by atoms with Gasteiger partial charge in [-0.2, -0.15) is 0 Å². The molecule has 1 N–H and O–H groups in total. The Labute approximate surface area is 120 Å². The molecule has 0 radical (unpaired) electrons. The molecule has 0 spiro atoms. The summed E-state index contributed by atoms with van der Waals surface area (Å²) in [6, 6.07) is 9.31. The van der Waals surface area contributed by atoms with E-state index in [2.05, 4.69) is 40.3 Å². The molecule has 1 fully saturated rings. The van der Waals surface area contributed by atoms with Gasteiger partial charge in [0.15, 0.2) is 0 Å². The van der Waals surface area contributed by atoms with Gasteiger partial charge < -0.3 is 14.6 Å². The van der Waals surface area contributed by atoms with Gasteiger partial charge in [-0.1, -0.05) is 6.07 Å². The fraction of sp³-hybridized carbons (Fsp3) is 0.529. The number of nitrogens with zero attached hydrogens (tertiary/aromatic N) is 1. The first-order valence-corrected chi connectivity index (χ1v) is 7.82. The smallest absolute Gasteiger partial charge is 0.128 e. The number of fused-ring (bicyclic) bond motifs is 1. The molecule has 1 aromatic carbocycles. The zero-order valence-electron chi connectivity index (χ0n) is 12.3. The third-order valence-electron chi connectivity index (χ3n) is 3.91. The fourth-order valence-corrected chi connectivity index (χ4v) is 2.67. The second kappa shape index (κ2) is 6.31. The maximum atomic E-state index is 5.69. The van der Waals surface area contributed by atoms with Crippen molar-refractivity contribution in [3.05, 3.63) is 30.5 Å². The second-order valence-corrected chi connectivity index (χ2v) is 5.57. The number of hydrogen-bond acceptors (Lipinski definition) is 2. The van der Waals surface area contributed by atoms with Gasteiger partial charge in [0.25, 0.3) is 0 Å². The Morgan fingerprint density at radius 1 is 1.25 bits per heavy atom. The highest BCUT2D eigenvalue weighted by Crippen LogP contribution is 2.26. The van der Waals surface area contributed by atoms with Crippen LogP contribution in [0.1, 0.15) is 32.6 Å². The van der Waals surface area contributed by atoms with Gasteiger partial charge in [-0.15, -0.1) is 0 Å². The van der Waals surface area contributed by atoms with E-state index in [9.17, 15) is 0 Å². The summed E-state index contributed by atoms with van der Waals surface area (Å²) in [6.07, 6.45) is 7.41. The molecule has 0 aliphatic heterocycles. The lowest BCUT2D eigenvalue weighted by Crippen LogP contribution is -2.17. The van der Waals surface area contributed by atoms with E-state index in [1.165, 1.54) is 36.6 Å². The number of hydrogen-bond donors (Lipinski definition) is 1. The summed E-state index contributed by atoms with van der Waals surface area (Å²) in [4.78, 5) is 0. The van der Waals surface area contributed by atoms with Crippen molar-refractivity contribution in [1.82, 2.24) is 9.88 Å². The van der Waals surface area contributed by atoms with Crippen molar-refractivity contribution in [2.45, 2.75) is 45.2 Å². The highest BCUT2D eigenvalue weighted by Gasteiger charge is 2.19. The topological polar surface area (TPSA) is 26.2 Å². The molecule has 1 saturated carbocycles. The van der Waals surface area contributed by atoms with Crippen molar-refractivity contribution >= 4 is 10.9 Å². The molecular weight excluding hydrogens is 248 g/mol. The molecule has 1 heterocycles. The number of aryl methyl sites for hydroxylation is 1. The SMILES string of the molecule is CCOc1cccc2c1ccn2CCCCNC1CC1. The van der Waals surface area contributed by atoms with Gasteiger partial charge in [-0.25, -0.2) is 0 Å². The van der Waals surface area contributed by atoms with Gasteiger partial charge in [-0.3, -0.25) is 0 Å². The number of benzene rings is 1. The predicted octanol–water partition coefficient (Wildman–Crippen LogP) is 3.57. The van der Waals surface area contributed by atoms with Crippen LogP contribution in [0.25, 0.3) is 10.9 Å². The van der Waals surface area contributed by atoms with Crippen LogP contribution >= 0.6 is 0 Å². The van der Waals surface area contributed by atoms with Gasteiger partial charge in [0.2, 0.25) is 0 Å². The molecule has 3 rings (SSSR count). The average molecular weight is 272 g/mol. The largest absolute Gasteiger partial charge is 0.493 e. The molecule has 20 heavy (non-hydrogen) atoms. The fourth-order valence-electron chi connectivity index (χ4n) is 2.67. The molecule has 0 unspecified atom stereocenters. The van der Waals surface area contributed by atoms with Crippen LogP contribution < -0.4 is 10.1 Å². The summed E-state index contributed by atoms with van der Waals surface area (Å²) in [7, 11) is 0. The molecule has 1 aliphatic carbocycles. The van der Waals surface area contributed by atoms with Crippen molar-refractivity contribution in [3.63, 3.8) is 0 Å². The van der Waals surface area contributed by atoms with Crippen LogP contribution in [0.15, 0.2) is 30.5 Å². The lowest BCUT2D eigenvalue weighted by molar-refractivity contribution is 0.344. The molecule has 3 nitrogen and oxygen atoms in total. The number of unbranched alkanes of at least 4 members (excludes halogenated alkanes) is 1. The van der Waals surface area contributed by atoms with E-state index in [-0.39, 0.29) is 0 Å². The Balaban J connectivity index is 1.58. The van der Waals surface area contributed by atoms with E-state index in [0.29, 0.717) is 0 Å². The summed E-state index contributed by atoms with van der Waals surface area (Å²) in [5.41, 5.74) is 1.28. The minimum absolute atomic E-state index is 0.719. The van der Waals surface area contributed by atoms with Crippen molar-refractivity contribution in [1.29, 1.82) is 0 Å². The van der Waals surface area contributed by atoms with Crippen LogP contribution in [-0.4, -0.2) is 23.8 Å². The number of ether oxygens (including phenoxy) is 1. The third-order valence-corrected chi connectivity index (χ3v) is 3.91. The van der Waals surface area contributed by atoms with Crippen molar-refractivity contribution in [2.24, 2.45) is 0 Å². The molecule has 0 atom stereocenters. The van der Waals surface area contributed by atoms with Crippen LogP contribution in [0.5, 0.6) is 5.75 Å². The quantitative estimate of drug-likeness (QED) is 0.743. The average Bonchev–Trinajstić information content (AvgIpc) is 3.19. The van der Waals surface area contributed by atoms with E-state index in [1.807, 2.05) is 6.92 Å². The summed E-state index contributed by atoms with van der Waals surface area (Å²) in [5, 5.41) is 4.80. The Bertz CT molecular complexity index is 557. The van der Waals surface area contributed by atoms with Crippen LogP contribution in [-0.2, 0) is 6.54 Å². The summed E-state index contributed by atoms with van der Waals surface area (Å²) in [5.74, 6) is 0.999. The molecule has 0 bridgehead atoms. The normalized spacial score (nSPS) is 14.8. The van der Waals surface area contributed by atoms with Crippen LogP contribution in [0.4, 0.5) is 0 Å². The van der Waals surface area contributed by atoms with Crippen LogP contribution in [0, 0.1) is 0 Å². The monoisotopic (exact) mass is 272 g/mol. The molecule has 2 aromatic rings. The van der Waals surface area contributed by atoms with Gasteiger partial charge >= 0.3 is 0 Å². The second-order valence-electron chi connectivity index (χ2n) is 5.57. The van der Waals surface area contributed by atoms with Crippen LogP contribution in [0.3, 0.4) is 0 Å². The summed E-state index contributed by atoms with van der Waals surface area (Å²) >= 11 is 0. The van der Waals surface area contributed by atoms with E-state index >= 15 is 0 Å². The first-order valence-electron chi connectivity index (χ1n) is 7.82. The Kier molecular flexibility index (Phi) is 4.26. The molecule has 0 amide bonds. The summed E-state index contributed by atoms with van der Waals surface area (Å²) in [6.45, 7) is 5.00. The minimum Gasteiger partial charge on any atom is -0.493 e. The maximum Gasteiger partial charge on any atom is 0.128 e. The number of nitrogens with one attached hydrogen (secondary N) is 1. The molecule has 0 saturated heterocycles. The van der Waals surface area contributed by atoms with E-state index in [1.54, 1.807) is 0 Å². The highest BCUT2D eigenvalue weighted by molar-refractivity contribution is 5.86. The first-order chi connectivity index (χ1) is 9.88. The Hall–Kier alpha value is -1.48. The van der Waals surface area contributed by atoms with Gasteiger partial charge in [-0.05, 0) is 57.4 Å². The highest BCUT2D eigenvalue weighted by atomic mass is 16.5. The lowest BCUT2D eigenvalue weighted by Gasteiger charge is -2.08. The standard InChI is InChI=1S/C17H24N2O/c1-2-20-17-7-5-6-16-15(17)10-13-19(16)12-4-3-11-18-14-8-9-14/h5-7,10,13-14,18H,2-4,8-9,11-12H2,1H3. The maximum absolute atomic E-state index is 5.69. The number of aromatic nitrogens is 1. The third kappa shape index (κ3) is 3.15. The predicted molar refractivity (Wildman–Crippen MR) is 83.4 cm³/mol. The summed E-state index contributed by atoms with van der Waals surface area (Å²) < 4.78 is 8.03. The van der Waals surface area contributed by atoms with E-state index < -0.39 is 0 Å². The molecule has 1 aliphatic rings. The molecular formula is C17H24N2O. The molecule has 108 valence electrons. The Morgan fingerprint density at radius 2 is 2.15 bits per heavy atom. The lowest BCUT2D eigenvalue weighted by atomic mass is 10.2. The molecule has 1 aromatic heterocycles. The van der Waals surface area contributed by atoms with Gasteiger partial charge in [0.1, 0.15) is 5.75 Å². The van der Waals surface area contributed by atoms with Gasteiger partial charge in [0.05, 0.1) is 12.1 Å². The Morgan fingerprint density at radius 3 is 2.95 bits per heavy atom. The van der Waals surface area contributed by atoms with Crippen molar-refractivity contribution in [3.8, 4) is 5.75 Å². The van der Waals surface area contributed by atoms with E-state index in [0.717, 1.165) is 31.5 Å². The molecule has 3 heteroatoms. The zero-order chi connectivity index (χ0) is 13.8. The van der Waals surface area contributed by atoms with Crippen molar-refractivity contribution in [2.75, 3.05) is 13.2 Å². The number of rotatable bonds is 8. The first kappa shape index (κ1) is 13.5. The van der Waals surface area contributed by atoms with Crippen LogP contribution in [0.2, 0.25) is 0 Å². The minimum atomic E-state index is 0.719. The van der Waals surface area contributed by atoms with Crippen molar-refractivity contribution < 1.29 is 4.74 Å². The zero-order valence-corrected chi connectivity index (χ0v) is 12.3.